The SMILES string of the molecule is CNCCc1nc(-c2cc(Br)ccc2Br)cs1. The van der Waals surface area contributed by atoms with E-state index in [0.29, 0.717) is 0 Å². The van der Waals surface area contributed by atoms with E-state index in [1.165, 1.54) is 5.01 Å². The molecule has 1 N–H and O–H groups in total. The summed E-state index contributed by atoms with van der Waals surface area (Å²) in [6, 6.07) is 6.13. The number of likely N-dealkylation sites (N-methyl/N-ethyl adjacent to an activating group) is 1. The van der Waals surface area contributed by atoms with Gasteiger partial charge in [0.05, 0.1) is 10.7 Å². The first kappa shape index (κ1) is 13.2. The molecule has 2 rings (SSSR count). The number of nitrogens with one attached hydrogen (secondary N) is 1. The largest absolute Gasteiger partial charge is 0.319 e. The van der Waals surface area contributed by atoms with Gasteiger partial charge in [-0.15, -0.1) is 11.3 Å². The smallest absolute Gasteiger partial charge is 0.0945 e. The summed E-state index contributed by atoms with van der Waals surface area (Å²) in [7, 11) is 1.96. The van der Waals surface area contributed by atoms with Crippen LogP contribution in [0.3, 0.4) is 0 Å². The molecule has 0 aliphatic carbocycles. The molecule has 0 saturated heterocycles. The van der Waals surface area contributed by atoms with E-state index >= 15 is 0 Å². The number of hydrogen-bond donors (Lipinski definition) is 1. The molecule has 1 heterocycles. The Labute approximate surface area is 122 Å². The zero-order chi connectivity index (χ0) is 12.3. The maximum Gasteiger partial charge on any atom is 0.0945 e. The molecule has 1 aromatic carbocycles. The van der Waals surface area contributed by atoms with Crippen molar-refractivity contribution in [1.82, 2.24) is 10.3 Å². The second kappa shape index (κ2) is 6.09. The summed E-state index contributed by atoms with van der Waals surface area (Å²) in [5.74, 6) is 0. The first-order valence-electron chi connectivity index (χ1n) is 5.25. The lowest BCUT2D eigenvalue weighted by Gasteiger charge is -2.01. The third kappa shape index (κ3) is 3.37. The minimum Gasteiger partial charge on any atom is -0.319 e. The van der Waals surface area contributed by atoms with E-state index in [4.69, 9.17) is 0 Å². The molecule has 0 spiro atoms. The van der Waals surface area contributed by atoms with Crippen LogP contribution in [0.15, 0.2) is 32.5 Å². The molecular formula is C12H12Br2N2S. The second-order valence-electron chi connectivity index (χ2n) is 3.60. The molecule has 1 aromatic heterocycles. The Morgan fingerprint density at radius 1 is 1.35 bits per heavy atom. The van der Waals surface area contributed by atoms with Crippen LogP contribution < -0.4 is 5.32 Å². The van der Waals surface area contributed by atoms with Crippen LogP contribution in [0.2, 0.25) is 0 Å². The number of thiazole rings is 1. The highest BCUT2D eigenvalue weighted by Crippen LogP contribution is 2.31. The van der Waals surface area contributed by atoms with Gasteiger partial charge in [-0.05, 0) is 25.2 Å². The van der Waals surface area contributed by atoms with Crippen LogP contribution in [-0.2, 0) is 6.42 Å². The molecule has 0 atom stereocenters. The minimum absolute atomic E-state index is 0.965. The Hall–Kier alpha value is -0.230. The number of nitrogens with zero attached hydrogens (tertiary/aromatic N) is 1. The Kier molecular flexibility index (Phi) is 4.73. The Balaban J connectivity index is 2.27. The molecule has 0 radical (unpaired) electrons. The summed E-state index contributed by atoms with van der Waals surface area (Å²) in [6.45, 7) is 0.965. The van der Waals surface area contributed by atoms with Crippen LogP contribution in [0, 0.1) is 0 Å². The zero-order valence-corrected chi connectivity index (χ0v) is 13.3. The predicted molar refractivity (Wildman–Crippen MR) is 80.6 cm³/mol. The quantitative estimate of drug-likeness (QED) is 0.870. The van der Waals surface area contributed by atoms with E-state index in [-0.39, 0.29) is 0 Å². The van der Waals surface area contributed by atoms with Gasteiger partial charge >= 0.3 is 0 Å². The predicted octanol–water partition coefficient (Wildman–Crippen LogP) is 4.10. The van der Waals surface area contributed by atoms with Crippen molar-refractivity contribution in [3.63, 3.8) is 0 Å². The number of rotatable bonds is 4. The normalized spacial score (nSPS) is 10.8. The lowest BCUT2D eigenvalue weighted by molar-refractivity contribution is 0.788. The Morgan fingerprint density at radius 2 is 2.18 bits per heavy atom. The van der Waals surface area contributed by atoms with Crippen LogP contribution in [0.25, 0.3) is 11.3 Å². The molecule has 0 aliphatic rings. The molecule has 2 aromatic rings. The maximum absolute atomic E-state index is 4.65. The molecule has 5 heteroatoms. The van der Waals surface area contributed by atoms with Crippen molar-refractivity contribution in [2.24, 2.45) is 0 Å². The molecule has 0 fully saturated rings. The molecule has 0 saturated carbocycles. The standard InChI is InChI=1S/C12H12Br2N2S/c1-15-5-4-12-16-11(7-17-12)9-6-8(13)2-3-10(9)14/h2-3,6-7,15H,4-5H2,1H3. The van der Waals surface area contributed by atoms with Crippen LogP contribution in [0.4, 0.5) is 0 Å². The number of halogens is 2. The summed E-state index contributed by atoms with van der Waals surface area (Å²) in [5, 5.41) is 6.41. The molecule has 2 nitrogen and oxygen atoms in total. The molecule has 0 bridgehead atoms. The summed E-state index contributed by atoms with van der Waals surface area (Å²) >= 11 is 8.76. The highest BCUT2D eigenvalue weighted by atomic mass is 79.9. The zero-order valence-electron chi connectivity index (χ0n) is 9.34. The lowest BCUT2D eigenvalue weighted by Crippen LogP contribution is -2.09. The van der Waals surface area contributed by atoms with Crippen LogP contribution in [0.1, 0.15) is 5.01 Å². The summed E-state index contributed by atoms with van der Waals surface area (Å²) in [4.78, 5) is 4.65. The average molecular weight is 376 g/mol. The number of aromatic nitrogens is 1. The van der Waals surface area contributed by atoms with Crippen molar-refractivity contribution in [3.05, 3.63) is 37.5 Å². The van der Waals surface area contributed by atoms with Crippen LogP contribution in [-0.4, -0.2) is 18.6 Å². The van der Waals surface area contributed by atoms with Gasteiger partial charge in [-0.2, -0.15) is 0 Å². The molecule has 90 valence electrons. The summed E-state index contributed by atoms with van der Waals surface area (Å²) < 4.78 is 2.15. The van der Waals surface area contributed by atoms with Gasteiger partial charge in [0, 0.05) is 32.9 Å². The summed E-state index contributed by atoms with van der Waals surface area (Å²) in [6.07, 6.45) is 0.979. The van der Waals surface area contributed by atoms with E-state index in [9.17, 15) is 0 Å². The van der Waals surface area contributed by atoms with Gasteiger partial charge in [0.1, 0.15) is 0 Å². The van der Waals surface area contributed by atoms with E-state index in [0.717, 1.165) is 33.2 Å². The van der Waals surface area contributed by atoms with Crippen molar-refractivity contribution >= 4 is 43.2 Å². The molecule has 0 unspecified atom stereocenters. The molecule has 17 heavy (non-hydrogen) atoms. The first-order valence-corrected chi connectivity index (χ1v) is 7.71. The number of hydrogen-bond acceptors (Lipinski definition) is 3. The van der Waals surface area contributed by atoms with Gasteiger partial charge in [-0.1, -0.05) is 31.9 Å². The fourth-order valence-electron chi connectivity index (χ4n) is 1.48. The van der Waals surface area contributed by atoms with Gasteiger partial charge in [0.2, 0.25) is 0 Å². The molecule has 0 amide bonds. The van der Waals surface area contributed by atoms with Crippen molar-refractivity contribution < 1.29 is 0 Å². The average Bonchev–Trinajstić information content (AvgIpc) is 2.78. The monoisotopic (exact) mass is 374 g/mol. The second-order valence-corrected chi connectivity index (χ2v) is 6.32. The third-order valence-corrected chi connectivity index (χ3v) is 4.44. The van der Waals surface area contributed by atoms with Gasteiger partial charge < -0.3 is 5.32 Å². The van der Waals surface area contributed by atoms with Gasteiger partial charge in [-0.25, -0.2) is 4.98 Å². The van der Waals surface area contributed by atoms with Crippen molar-refractivity contribution in [1.29, 1.82) is 0 Å². The van der Waals surface area contributed by atoms with E-state index in [1.54, 1.807) is 11.3 Å². The Morgan fingerprint density at radius 3 is 2.94 bits per heavy atom. The summed E-state index contributed by atoms with van der Waals surface area (Å²) in [5.41, 5.74) is 2.17. The topological polar surface area (TPSA) is 24.9 Å². The van der Waals surface area contributed by atoms with Gasteiger partial charge in [0.25, 0.3) is 0 Å². The number of benzene rings is 1. The van der Waals surface area contributed by atoms with Crippen molar-refractivity contribution in [2.75, 3.05) is 13.6 Å². The van der Waals surface area contributed by atoms with Crippen molar-refractivity contribution in [3.8, 4) is 11.3 Å². The fourth-order valence-corrected chi connectivity index (χ4v) is 3.08. The van der Waals surface area contributed by atoms with E-state index in [1.807, 2.05) is 19.2 Å². The van der Waals surface area contributed by atoms with Gasteiger partial charge in [0.15, 0.2) is 0 Å². The lowest BCUT2D eigenvalue weighted by atomic mass is 10.2. The highest BCUT2D eigenvalue weighted by molar-refractivity contribution is 9.11. The molecule has 0 aliphatic heterocycles. The maximum atomic E-state index is 4.65. The van der Waals surface area contributed by atoms with Crippen molar-refractivity contribution in [2.45, 2.75) is 6.42 Å². The first-order chi connectivity index (χ1) is 8.20. The van der Waals surface area contributed by atoms with E-state index in [2.05, 4.69) is 53.6 Å². The van der Waals surface area contributed by atoms with Crippen LogP contribution >= 0.6 is 43.2 Å². The fraction of sp³-hybridized carbons (Fsp3) is 0.250. The highest BCUT2D eigenvalue weighted by Gasteiger charge is 2.08. The molecular weight excluding hydrogens is 364 g/mol. The van der Waals surface area contributed by atoms with Gasteiger partial charge in [-0.3, -0.25) is 0 Å². The van der Waals surface area contributed by atoms with Crippen LogP contribution in [0.5, 0.6) is 0 Å². The third-order valence-electron chi connectivity index (χ3n) is 2.34. The minimum atomic E-state index is 0.965. The van der Waals surface area contributed by atoms with E-state index < -0.39 is 0 Å². The Bertz CT molecular complexity index is 511.